The monoisotopic (exact) mass is 294 g/mol. The van der Waals surface area contributed by atoms with Gasteiger partial charge in [-0.3, -0.25) is 4.79 Å². The number of carbonyl (C=O) groups is 1. The average molecular weight is 295 g/mol. The third-order valence-electron chi connectivity index (χ3n) is 4.05. The molecule has 0 aromatic rings. The second-order valence-electron chi connectivity index (χ2n) is 6.29. The molecule has 0 saturated heterocycles. The number of hydrogen-bond acceptors (Lipinski definition) is 1. The second-order valence-corrected chi connectivity index (χ2v) is 6.29. The fraction of sp³-hybridized carbons (Fsp3) is 0.850. The molecule has 0 saturated carbocycles. The number of allylic oxidation sites excluding steroid dienone is 2. The lowest BCUT2D eigenvalue weighted by molar-refractivity contribution is -0.118. The van der Waals surface area contributed by atoms with Crippen LogP contribution in [0.5, 0.6) is 0 Å². The summed E-state index contributed by atoms with van der Waals surface area (Å²) in [6.07, 6.45) is 22.6. The summed E-state index contributed by atoms with van der Waals surface area (Å²) < 4.78 is 0. The van der Waals surface area contributed by atoms with Gasteiger partial charge in [-0.05, 0) is 19.3 Å². The summed E-state index contributed by atoms with van der Waals surface area (Å²) in [6, 6.07) is 0. The zero-order valence-electron chi connectivity index (χ0n) is 14.7. The van der Waals surface area contributed by atoms with Crippen LogP contribution in [0.4, 0.5) is 0 Å². The van der Waals surface area contributed by atoms with E-state index >= 15 is 0 Å². The predicted octanol–water partition coefficient (Wildman–Crippen LogP) is 7.00. The first kappa shape index (κ1) is 20.4. The molecule has 0 bridgehead atoms. The van der Waals surface area contributed by atoms with E-state index in [1.807, 2.05) is 0 Å². The first-order valence-corrected chi connectivity index (χ1v) is 9.48. The number of unbranched alkanes of at least 4 members (excludes halogenated alkanes) is 11. The van der Waals surface area contributed by atoms with Gasteiger partial charge in [0.15, 0.2) is 0 Å². The second kappa shape index (κ2) is 17.5. The summed E-state index contributed by atoms with van der Waals surface area (Å²) in [5.41, 5.74) is 0. The lowest BCUT2D eigenvalue weighted by atomic mass is 10.0. The number of Topliss-reactive ketones (excluding diaryl/α,β-unsaturated/α-hetero) is 1. The maximum absolute atomic E-state index is 11.7. The predicted molar refractivity (Wildman–Crippen MR) is 94.8 cm³/mol. The normalized spacial score (nSPS) is 11.3. The fourth-order valence-electron chi connectivity index (χ4n) is 2.58. The quantitative estimate of drug-likeness (QED) is 0.221. The molecule has 0 heterocycles. The molecule has 0 rings (SSSR count). The van der Waals surface area contributed by atoms with Crippen LogP contribution in [0.25, 0.3) is 0 Å². The van der Waals surface area contributed by atoms with Crippen LogP contribution in [-0.2, 0) is 4.79 Å². The molecule has 0 fully saturated rings. The summed E-state index contributed by atoms with van der Waals surface area (Å²) >= 11 is 0. The Morgan fingerprint density at radius 3 is 1.81 bits per heavy atom. The smallest absolute Gasteiger partial charge is 0.136 e. The topological polar surface area (TPSA) is 17.1 Å². The minimum atomic E-state index is 0.422. The van der Waals surface area contributed by atoms with E-state index in [-0.39, 0.29) is 0 Å². The molecule has 124 valence electrons. The van der Waals surface area contributed by atoms with E-state index in [4.69, 9.17) is 0 Å². The van der Waals surface area contributed by atoms with Crippen molar-refractivity contribution in [1.82, 2.24) is 0 Å². The first-order valence-electron chi connectivity index (χ1n) is 9.48. The summed E-state index contributed by atoms with van der Waals surface area (Å²) in [5.74, 6) is 0.422. The lowest BCUT2D eigenvalue weighted by Gasteiger charge is -2.01. The molecule has 0 atom stereocenters. The lowest BCUT2D eigenvalue weighted by Crippen LogP contribution is -1.95. The minimum Gasteiger partial charge on any atom is -0.299 e. The number of hydrogen-bond donors (Lipinski definition) is 0. The Labute approximate surface area is 133 Å². The molecule has 1 nitrogen and oxygen atoms in total. The van der Waals surface area contributed by atoms with Crippen LogP contribution in [0.15, 0.2) is 12.2 Å². The van der Waals surface area contributed by atoms with Crippen molar-refractivity contribution >= 4 is 5.78 Å². The Bertz CT molecular complexity index is 242. The van der Waals surface area contributed by atoms with Crippen molar-refractivity contribution in [3.63, 3.8) is 0 Å². The van der Waals surface area contributed by atoms with Crippen molar-refractivity contribution < 1.29 is 4.79 Å². The van der Waals surface area contributed by atoms with E-state index in [1.54, 1.807) is 0 Å². The highest BCUT2D eigenvalue weighted by atomic mass is 16.1. The van der Waals surface area contributed by atoms with Gasteiger partial charge in [0.1, 0.15) is 5.78 Å². The Kier molecular flexibility index (Phi) is 17.0. The molecule has 0 aliphatic heterocycles. The summed E-state index contributed by atoms with van der Waals surface area (Å²) in [4.78, 5) is 11.7. The largest absolute Gasteiger partial charge is 0.299 e. The Hall–Kier alpha value is -0.590. The molecule has 1 heteroatoms. The van der Waals surface area contributed by atoms with Crippen LogP contribution in [0.2, 0.25) is 0 Å². The molecule has 0 aliphatic carbocycles. The van der Waals surface area contributed by atoms with Crippen LogP contribution >= 0.6 is 0 Å². The average Bonchev–Trinajstić information content (AvgIpc) is 2.49. The molecule has 0 unspecified atom stereocenters. The van der Waals surface area contributed by atoms with Gasteiger partial charge in [0, 0.05) is 12.8 Å². The molecule has 0 aromatic heterocycles. The summed E-state index contributed by atoms with van der Waals surface area (Å²) in [5, 5.41) is 0. The van der Waals surface area contributed by atoms with E-state index in [0.29, 0.717) is 12.2 Å². The molecule has 0 amide bonds. The van der Waals surface area contributed by atoms with Crippen LogP contribution in [-0.4, -0.2) is 5.78 Å². The van der Waals surface area contributed by atoms with Crippen LogP contribution < -0.4 is 0 Å². The molecule has 0 aliphatic rings. The molecule has 0 N–H and O–H groups in total. The van der Waals surface area contributed by atoms with Gasteiger partial charge < -0.3 is 0 Å². The Morgan fingerprint density at radius 2 is 1.19 bits per heavy atom. The van der Waals surface area contributed by atoms with Crippen molar-refractivity contribution in [2.75, 3.05) is 0 Å². The van der Waals surface area contributed by atoms with Crippen LogP contribution in [0, 0.1) is 0 Å². The highest BCUT2D eigenvalue weighted by molar-refractivity contribution is 5.79. The molecular formula is C20H38O. The van der Waals surface area contributed by atoms with E-state index in [2.05, 4.69) is 26.0 Å². The van der Waals surface area contributed by atoms with Gasteiger partial charge in [-0.15, -0.1) is 0 Å². The fourth-order valence-corrected chi connectivity index (χ4v) is 2.58. The molecule has 21 heavy (non-hydrogen) atoms. The van der Waals surface area contributed by atoms with Crippen molar-refractivity contribution in [1.29, 1.82) is 0 Å². The van der Waals surface area contributed by atoms with Crippen molar-refractivity contribution in [2.24, 2.45) is 0 Å². The van der Waals surface area contributed by atoms with Crippen molar-refractivity contribution in [3.05, 3.63) is 12.2 Å². The van der Waals surface area contributed by atoms with Gasteiger partial charge >= 0.3 is 0 Å². The third kappa shape index (κ3) is 17.4. The van der Waals surface area contributed by atoms with Gasteiger partial charge in [0.2, 0.25) is 0 Å². The highest BCUT2D eigenvalue weighted by Crippen LogP contribution is 2.10. The molecule has 0 spiro atoms. The van der Waals surface area contributed by atoms with Gasteiger partial charge in [0.25, 0.3) is 0 Å². The summed E-state index contributed by atoms with van der Waals surface area (Å²) in [7, 11) is 0. The maximum atomic E-state index is 11.7. The van der Waals surface area contributed by atoms with Gasteiger partial charge in [-0.2, -0.15) is 0 Å². The van der Waals surface area contributed by atoms with Gasteiger partial charge in [0.05, 0.1) is 0 Å². The van der Waals surface area contributed by atoms with Crippen LogP contribution in [0.1, 0.15) is 110 Å². The standard InChI is InChI=1S/C20H38O/c1-3-5-7-9-11-13-15-17-19-20(21)18-16-14-12-10-8-6-4-2/h14,16H,3-13,15,17-19H2,1-2H3/b16-14+. The third-order valence-corrected chi connectivity index (χ3v) is 4.05. The number of ketones is 1. The van der Waals surface area contributed by atoms with Crippen LogP contribution in [0.3, 0.4) is 0 Å². The molecule has 0 radical (unpaired) electrons. The number of rotatable bonds is 16. The van der Waals surface area contributed by atoms with E-state index in [9.17, 15) is 4.79 Å². The zero-order chi connectivity index (χ0) is 15.6. The van der Waals surface area contributed by atoms with Gasteiger partial charge in [-0.25, -0.2) is 0 Å². The minimum absolute atomic E-state index is 0.422. The maximum Gasteiger partial charge on any atom is 0.136 e. The van der Waals surface area contributed by atoms with Crippen molar-refractivity contribution in [3.8, 4) is 0 Å². The number of carbonyl (C=O) groups excluding carboxylic acids is 1. The van der Waals surface area contributed by atoms with Crippen molar-refractivity contribution in [2.45, 2.75) is 110 Å². The Morgan fingerprint density at radius 1 is 0.667 bits per heavy atom. The van der Waals surface area contributed by atoms with Gasteiger partial charge in [-0.1, -0.05) is 90.2 Å². The van der Waals surface area contributed by atoms with E-state index in [1.165, 1.54) is 70.6 Å². The van der Waals surface area contributed by atoms with E-state index in [0.717, 1.165) is 19.3 Å². The first-order chi connectivity index (χ1) is 10.3. The Balaban J connectivity index is 3.24. The zero-order valence-corrected chi connectivity index (χ0v) is 14.7. The summed E-state index contributed by atoms with van der Waals surface area (Å²) in [6.45, 7) is 4.49. The van der Waals surface area contributed by atoms with E-state index < -0.39 is 0 Å². The highest BCUT2D eigenvalue weighted by Gasteiger charge is 1.99. The molecule has 0 aromatic carbocycles. The molecular weight excluding hydrogens is 256 g/mol. The SMILES string of the molecule is CCCCCC/C=C/CC(=O)CCCCCCCCCC.